The Hall–Kier alpha value is -2.74. The van der Waals surface area contributed by atoms with Crippen molar-refractivity contribution < 1.29 is 22.8 Å². The van der Waals surface area contributed by atoms with Gasteiger partial charge in [-0.2, -0.15) is 0 Å². The molecular formula is C18H16N2O5S. The first kappa shape index (κ1) is 16.7. The van der Waals surface area contributed by atoms with Crippen molar-refractivity contribution in [2.75, 3.05) is 18.1 Å². The van der Waals surface area contributed by atoms with Crippen molar-refractivity contribution in [3.05, 3.63) is 47.5 Å². The molecule has 0 radical (unpaired) electrons. The maximum Gasteiger partial charge on any atom is 0.261 e. The molecular weight excluding hydrogens is 356 g/mol. The van der Waals surface area contributed by atoms with Gasteiger partial charge in [-0.25, -0.2) is 8.42 Å². The van der Waals surface area contributed by atoms with Gasteiger partial charge in [-0.15, -0.1) is 0 Å². The fourth-order valence-corrected chi connectivity index (χ4v) is 5.22. The number of amides is 3. The molecule has 2 aliphatic rings. The van der Waals surface area contributed by atoms with Crippen molar-refractivity contribution in [2.24, 2.45) is 0 Å². The van der Waals surface area contributed by atoms with E-state index < -0.39 is 40.1 Å². The molecule has 0 aromatic heterocycles. The summed E-state index contributed by atoms with van der Waals surface area (Å²) in [5.41, 5.74) is 0.767. The molecule has 1 atom stereocenters. The molecule has 1 fully saturated rings. The number of nitrogens with one attached hydrogen (secondary N) is 1. The van der Waals surface area contributed by atoms with Crippen molar-refractivity contribution in [2.45, 2.75) is 12.5 Å². The highest BCUT2D eigenvalue weighted by Crippen LogP contribution is 2.29. The highest BCUT2D eigenvalue weighted by molar-refractivity contribution is 7.91. The Bertz CT molecular complexity index is 1010. The van der Waals surface area contributed by atoms with E-state index in [9.17, 15) is 22.8 Å². The van der Waals surface area contributed by atoms with E-state index in [1.165, 1.54) is 0 Å². The van der Waals surface area contributed by atoms with Crippen molar-refractivity contribution in [3.8, 4) is 0 Å². The quantitative estimate of drug-likeness (QED) is 0.801. The molecule has 2 aliphatic heterocycles. The summed E-state index contributed by atoms with van der Waals surface area (Å²) in [6.07, 6.45) is 0.345. The SMILES string of the molecule is O=C(CN1C(=O)c2cccc3cccc(c23)C1=O)NC1CCS(=O)(=O)C1. The number of carbonyl (C=O) groups excluding carboxylic acids is 3. The van der Waals surface area contributed by atoms with Crippen molar-refractivity contribution in [3.63, 3.8) is 0 Å². The molecule has 1 unspecified atom stereocenters. The lowest BCUT2D eigenvalue weighted by Gasteiger charge is -2.27. The number of hydrogen-bond acceptors (Lipinski definition) is 5. The van der Waals surface area contributed by atoms with Crippen LogP contribution in [0.5, 0.6) is 0 Å². The van der Waals surface area contributed by atoms with Gasteiger partial charge in [-0.05, 0) is 23.9 Å². The third kappa shape index (κ3) is 2.76. The van der Waals surface area contributed by atoms with Gasteiger partial charge in [0.2, 0.25) is 5.91 Å². The van der Waals surface area contributed by atoms with Crippen molar-refractivity contribution in [1.82, 2.24) is 10.2 Å². The summed E-state index contributed by atoms with van der Waals surface area (Å²) in [6.45, 7) is -0.432. The number of hydrogen-bond donors (Lipinski definition) is 1. The van der Waals surface area contributed by atoms with Crippen LogP contribution in [0, 0.1) is 0 Å². The fraction of sp³-hybridized carbons (Fsp3) is 0.278. The van der Waals surface area contributed by atoms with Gasteiger partial charge in [-0.3, -0.25) is 19.3 Å². The molecule has 26 heavy (non-hydrogen) atoms. The van der Waals surface area contributed by atoms with Crippen molar-refractivity contribution >= 4 is 38.3 Å². The Kier molecular flexibility index (Phi) is 3.80. The standard InChI is InChI=1S/C18H16N2O5S/c21-15(19-12-7-8-26(24,25)10-12)9-20-17(22)13-5-1-3-11-4-2-6-14(16(11)13)18(20)23/h1-6,12H,7-10H2,(H,19,21). The monoisotopic (exact) mass is 372 g/mol. The molecule has 0 bridgehead atoms. The Balaban J connectivity index is 1.58. The second-order valence-electron chi connectivity index (χ2n) is 6.57. The van der Waals surface area contributed by atoms with Crippen LogP contribution < -0.4 is 5.32 Å². The van der Waals surface area contributed by atoms with Crippen LogP contribution in [0.4, 0.5) is 0 Å². The van der Waals surface area contributed by atoms with Crippen LogP contribution in [0.25, 0.3) is 10.8 Å². The lowest BCUT2D eigenvalue weighted by molar-refractivity contribution is -0.122. The van der Waals surface area contributed by atoms with Crippen LogP contribution in [-0.2, 0) is 14.6 Å². The topological polar surface area (TPSA) is 101 Å². The largest absolute Gasteiger partial charge is 0.351 e. The third-order valence-electron chi connectivity index (χ3n) is 4.76. The van der Waals surface area contributed by atoms with Gasteiger partial charge in [-0.1, -0.05) is 24.3 Å². The zero-order chi connectivity index (χ0) is 18.5. The van der Waals surface area contributed by atoms with E-state index >= 15 is 0 Å². The predicted octanol–water partition coefficient (Wildman–Crippen LogP) is 0.739. The first-order valence-corrected chi connectivity index (χ1v) is 10.1. The van der Waals surface area contributed by atoms with Crippen LogP contribution >= 0.6 is 0 Å². The average molecular weight is 372 g/mol. The second-order valence-corrected chi connectivity index (χ2v) is 8.80. The number of rotatable bonds is 3. The Morgan fingerprint density at radius 1 is 1.08 bits per heavy atom. The van der Waals surface area contributed by atoms with E-state index in [1.807, 2.05) is 12.1 Å². The normalized spacial score (nSPS) is 21.2. The lowest BCUT2D eigenvalue weighted by Crippen LogP contribution is -2.48. The minimum Gasteiger partial charge on any atom is -0.351 e. The molecule has 2 aromatic carbocycles. The number of benzene rings is 2. The van der Waals surface area contributed by atoms with E-state index in [1.54, 1.807) is 24.3 Å². The molecule has 1 N–H and O–H groups in total. The maximum atomic E-state index is 12.7. The van der Waals surface area contributed by atoms with Gasteiger partial charge >= 0.3 is 0 Å². The van der Waals surface area contributed by atoms with Gasteiger partial charge in [0.05, 0.1) is 11.5 Å². The lowest BCUT2D eigenvalue weighted by atomic mass is 9.94. The molecule has 4 rings (SSSR count). The molecule has 0 spiro atoms. The summed E-state index contributed by atoms with van der Waals surface area (Å²) in [4.78, 5) is 38.6. The molecule has 7 nitrogen and oxygen atoms in total. The van der Waals surface area contributed by atoms with Gasteiger partial charge < -0.3 is 5.32 Å². The molecule has 134 valence electrons. The Morgan fingerprint density at radius 3 is 2.23 bits per heavy atom. The summed E-state index contributed by atoms with van der Waals surface area (Å²) >= 11 is 0. The minimum absolute atomic E-state index is 0.0366. The van der Waals surface area contributed by atoms with Crippen LogP contribution in [0.3, 0.4) is 0 Å². The summed E-state index contributed by atoms with van der Waals surface area (Å²) in [5.74, 6) is -1.65. The smallest absolute Gasteiger partial charge is 0.261 e. The van der Waals surface area contributed by atoms with Gasteiger partial charge in [0.25, 0.3) is 11.8 Å². The van der Waals surface area contributed by atoms with E-state index in [0.29, 0.717) is 22.9 Å². The van der Waals surface area contributed by atoms with Crippen LogP contribution in [0.1, 0.15) is 27.1 Å². The fourth-order valence-electron chi connectivity index (χ4n) is 3.55. The first-order valence-electron chi connectivity index (χ1n) is 8.23. The zero-order valence-electron chi connectivity index (χ0n) is 13.8. The van der Waals surface area contributed by atoms with E-state index in [4.69, 9.17) is 0 Å². The van der Waals surface area contributed by atoms with E-state index in [0.717, 1.165) is 10.3 Å². The highest BCUT2D eigenvalue weighted by atomic mass is 32.2. The molecule has 0 aliphatic carbocycles. The minimum atomic E-state index is -3.12. The second kappa shape index (κ2) is 5.91. The van der Waals surface area contributed by atoms with Crippen LogP contribution in [0.15, 0.2) is 36.4 Å². The average Bonchev–Trinajstić information content (AvgIpc) is 2.94. The summed E-state index contributed by atoms with van der Waals surface area (Å²) in [7, 11) is -3.12. The summed E-state index contributed by atoms with van der Waals surface area (Å²) in [5, 5.41) is 4.00. The molecule has 0 saturated carbocycles. The van der Waals surface area contributed by atoms with Crippen LogP contribution in [-0.4, -0.2) is 55.1 Å². The first-order chi connectivity index (χ1) is 12.4. The Morgan fingerprint density at radius 2 is 1.69 bits per heavy atom. The predicted molar refractivity (Wildman–Crippen MR) is 94.5 cm³/mol. The van der Waals surface area contributed by atoms with Crippen molar-refractivity contribution in [1.29, 1.82) is 0 Å². The number of nitrogens with zero attached hydrogens (tertiary/aromatic N) is 1. The molecule has 8 heteroatoms. The van der Waals surface area contributed by atoms with E-state index in [-0.39, 0.29) is 11.5 Å². The molecule has 1 saturated heterocycles. The third-order valence-corrected chi connectivity index (χ3v) is 6.52. The maximum absolute atomic E-state index is 12.7. The summed E-state index contributed by atoms with van der Waals surface area (Å²) in [6, 6.07) is 9.91. The summed E-state index contributed by atoms with van der Waals surface area (Å²) < 4.78 is 23.0. The number of sulfone groups is 1. The number of carbonyl (C=O) groups is 3. The van der Waals surface area contributed by atoms with Gasteiger partial charge in [0, 0.05) is 22.6 Å². The number of imide groups is 1. The van der Waals surface area contributed by atoms with Gasteiger partial charge in [0.15, 0.2) is 9.84 Å². The zero-order valence-corrected chi connectivity index (χ0v) is 14.6. The Labute approximate surface area is 149 Å². The molecule has 3 amide bonds. The highest BCUT2D eigenvalue weighted by Gasteiger charge is 2.35. The molecule has 2 aromatic rings. The van der Waals surface area contributed by atoms with E-state index in [2.05, 4.69) is 5.32 Å². The molecule has 2 heterocycles. The van der Waals surface area contributed by atoms with Crippen LogP contribution in [0.2, 0.25) is 0 Å². The van der Waals surface area contributed by atoms with Gasteiger partial charge in [0.1, 0.15) is 6.54 Å².